The van der Waals surface area contributed by atoms with Crippen molar-refractivity contribution in [2.75, 3.05) is 6.26 Å². The Hall–Kier alpha value is -1.42. The molecule has 0 bridgehead atoms. The van der Waals surface area contributed by atoms with Gasteiger partial charge >= 0.3 is 0 Å². The summed E-state index contributed by atoms with van der Waals surface area (Å²) in [4.78, 5) is 17.4. The Balaban J connectivity index is 2.44. The van der Waals surface area contributed by atoms with Crippen LogP contribution in [0.1, 0.15) is 5.69 Å². The number of nitrogens with zero attached hydrogens (tertiary/aromatic N) is 1. The van der Waals surface area contributed by atoms with Crippen molar-refractivity contribution in [3.05, 3.63) is 50.5 Å². The van der Waals surface area contributed by atoms with Gasteiger partial charge in [-0.3, -0.25) is 9.78 Å². The van der Waals surface area contributed by atoms with Crippen LogP contribution in [-0.2, 0) is 25.4 Å². The highest BCUT2D eigenvalue weighted by Gasteiger charge is 2.20. The Bertz CT molecular complexity index is 1010. The monoisotopic (exact) mass is 396 g/mol. The second-order valence-electron chi connectivity index (χ2n) is 4.66. The van der Waals surface area contributed by atoms with Gasteiger partial charge in [0.05, 0.1) is 11.1 Å². The lowest BCUT2D eigenvalue weighted by Gasteiger charge is -2.06. The molecular weight excluding hydrogens is 387 g/mol. The molecule has 7 nitrogen and oxygen atoms in total. The van der Waals surface area contributed by atoms with Gasteiger partial charge in [-0.25, -0.2) is 16.8 Å². The first-order valence-electron chi connectivity index (χ1n) is 5.96. The number of H-pyrrole nitrogens is 1. The lowest BCUT2D eigenvalue weighted by atomic mass is 10.4. The van der Waals surface area contributed by atoms with E-state index < -0.39 is 36.0 Å². The van der Waals surface area contributed by atoms with E-state index in [1.807, 2.05) is 0 Å². The molecule has 1 heterocycles. The Morgan fingerprint density at radius 2 is 1.65 bits per heavy atom. The highest BCUT2D eigenvalue weighted by atomic mass is 35.5. The first-order valence-corrected chi connectivity index (χ1v) is 10.3. The highest BCUT2D eigenvalue weighted by Crippen LogP contribution is 2.24. The summed E-state index contributed by atoms with van der Waals surface area (Å²) in [6.07, 6.45) is 1.79. The summed E-state index contributed by atoms with van der Waals surface area (Å²) < 4.78 is 47.3. The number of aromatic amines is 1. The molecule has 2 rings (SSSR count). The molecule has 2 aromatic rings. The number of benzene rings is 1. The molecule has 0 spiro atoms. The minimum Gasteiger partial charge on any atom is -0.310 e. The maximum absolute atomic E-state index is 12.3. The van der Waals surface area contributed by atoms with E-state index in [1.165, 1.54) is 18.2 Å². The van der Waals surface area contributed by atoms with Crippen molar-refractivity contribution in [3.8, 4) is 0 Å². The predicted molar refractivity (Wildman–Crippen MR) is 85.3 cm³/mol. The van der Waals surface area contributed by atoms with Crippen LogP contribution in [0.2, 0.25) is 10.0 Å². The third-order valence-corrected chi connectivity index (χ3v) is 5.81. The van der Waals surface area contributed by atoms with E-state index in [9.17, 15) is 21.6 Å². The normalized spacial score (nSPS) is 12.3. The molecular formula is C12H10Cl2N2O5S2. The van der Waals surface area contributed by atoms with E-state index in [2.05, 4.69) is 9.97 Å². The first-order chi connectivity index (χ1) is 10.5. The zero-order valence-corrected chi connectivity index (χ0v) is 14.7. The van der Waals surface area contributed by atoms with Crippen molar-refractivity contribution in [3.63, 3.8) is 0 Å². The van der Waals surface area contributed by atoms with Gasteiger partial charge in [0.15, 0.2) is 24.7 Å². The van der Waals surface area contributed by atoms with Gasteiger partial charge in [-0.15, -0.1) is 0 Å². The molecule has 0 radical (unpaired) electrons. The Kier molecular flexibility index (Phi) is 4.86. The van der Waals surface area contributed by atoms with Crippen LogP contribution in [0.4, 0.5) is 0 Å². The largest absolute Gasteiger partial charge is 0.310 e. The molecule has 1 N–H and O–H groups in total. The fourth-order valence-electron chi connectivity index (χ4n) is 1.67. The second kappa shape index (κ2) is 6.23. The third kappa shape index (κ3) is 4.31. The topological polar surface area (TPSA) is 114 Å². The predicted octanol–water partition coefficient (Wildman–Crippen LogP) is 1.45. The summed E-state index contributed by atoms with van der Waals surface area (Å²) in [7, 11) is -7.58. The second-order valence-corrected chi connectivity index (χ2v) is 9.51. The van der Waals surface area contributed by atoms with E-state index in [4.69, 9.17) is 23.2 Å². The van der Waals surface area contributed by atoms with Gasteiger partial charge in [-0.05, 0) is 18.2 Å². The standard InChI is InChI=1S/C12H10Cl2N2O5S2/c1-22(18,19)11-5-15-10(12(17)16-11)6-23(20,21)9-3-7(13)2-8(14)4-9/h2-5H,6H2,1H3,(H,16,17). The number of rotatable bonds is 4. The quantitative estimate of drug-likeness (QED) is 0.836. The number of sulfone groups is 2. The molecule has 0 atom stereocenters. The Morgan fingerprint density at radius 1 is 1.09 bits per heavy atom. The van der Waals surface area contributed by atoms with Crippen LogP contribution in [-0.4, -0.2) is 33.1 Å². The molecule has 0 unspecified atom stereocenters. The van der Waals surface area contributed by atoms with Crippen LogP contribution in [0, 0.1) is 0 Å². The number of nitrogens with one attached hydrogen (secondary N) is 1. The Morgan fingerprint density at radius 3 is 2.13 bits per heavy atom. The number of hydrogen-bond donors (Lipinski definition) is 1. The maximum Gasteiger partial charge on any atom is 0.271 e. The SMILES string of the molecule is CS(=O)(=O)c1cnc(CS(=O)(=O)c2cc(Cl)cc(Cl)c2)c(=O)[nH]1. The molecule has 124 valence electrons. The van der Waals surface area contributed by atoms with Crippen LogP contribution in [0.5, 0.6) is 0 Å². The first kappa shape index (κ1) is 17.9. The van der Waals surface area contributed by atoms with Gasteiger partial charge in [0.1, 0.15) is 11.4 Å². The molecule has 1 aromatic heterocycles. The maximum atomic E-state index is 12.3. The minimum absolute atomic E-state index is 0.130. The van der Waals surface area contributed by atoms with Crippen LogP contribution >= 0.6 is 23.2 Å². The molecule has 0 aliphatic carbocycles. The summed E-state index contributed by atoms with van der Waals surface area (Å²) in [5, 5.41) is -0.134. The van der Waals surface area contributed by atoms with Gasteiger partial charge in [0.2, 0.25) is 0 Å². The van der Waals surface area contributed by atoms with Crippen molar-refractivity contribution in [1.29, 1.82) is 0 Å². The van der Waals surface area contributed by atoms with Crippen molar-refractivity contribution < 1.29 is 16.8 Å². The van der Waals surface area contributed by atoms with E-state index in [1.54, 1.807) is 0 Å². The lowest BCUT2D eigenvalue weighted by molar-refractivity contribution is 0.594. The smallest absolute Gasteiger partial charge is 0.271 e. The summed E-state index contributed by atoms with van der Waals surface area (Å²) in [5.41, 5.74) is -1.24. The molecule has 0 saturated heterocycles. The van der Waals surface area contributed by atoms with Gasteiger partial charge in [-0.2, -0.15) is 0 Å². The lowest BCUT2D eigenvalue weighted by Crippen LogP contribution is -2.21. The third-order valence-electron chi connectivity index (χ3n) is 2.76. The van der Waals surface area contributed by atoms with E-state index >= 15 is 0 Å². The van der Waals surface area contributed by atoms with Crippen LogP contribution in [0.3, 0.4) is 0 Å². The Labute approximate surface area is 142 Å². The van der Waals surface area contributed by atoms with Crippen LogP contribution in [0.15, 0.2) is 39.1 Å². The molecule has 23 heavy (non-hydrogen) atoms. The highest BCUT2D eigenvalue weighted by molar-refractivity contribution is 7.91. The minimum atomic E-state index is -3.93. The fourth-order valence-corrected chi connectivity index (χ4v) is 4.20. The molecule has 0 fully saturated rings. The number of aromatic nitrogens is 2. The fraction of sp³-hybridized carbons (Fsp3) is 0.167. The van der Waals surface area contributed by atoms with Crippen molar-refractivity contribution in [2.45, 2.75) is 15.7 Å². The summed E-state index contributed by atoms with van der Waals surface area (Å²) in [6.45, 7) is 0. The average molecular weight is 397 g/mol. The average Bonchev–Trinajstić information content (AvgIpc) is 2.38. The molecule has 1 aromatic carbocycles. The van der Waals surface area contributed by atoms with Gasteiger partial charge in [-0.1, -0.05) is 23.2 Å². The molecule has 0 amide bonds. The van der Waals surface area contributed by atoms with Crippen molar-refractivity contribution in [1.82, 2.24) is 9.97 Å². The summed E-state index contributed by atoms with van der Waals surface area (Å²) in [6, 6.07) is 3.76. The van der Waals surface area contributed by atoms with Crippen LogP contribution in [0.25, 0.3) is 0 Å². The zero-order valence-electron chi connectivity index (χ0n) is 11.6. The summed E-state index contributed by atoms with van der Waals surface area (Å²) in [5.74, 6) is -0.719. The number of halogens is 2. The van der Waals surface area contributed by atoms with Gasteiger partial charge < -0.3 is 4.98 Å². The van der Waals surface area contributed by atoms with Crippen molar-refractivity contribution in [2.24, 2.45) is 0 Å². The molecule has 0 aliphatic rings. The molecule has 11 heteroatoms. The van der Waals surface area contributed by atoms with Crippen molar-refractivity contribution >= 4 is 42.9 Å². The van der Waals surface area contributed by atoms with Gasteiger partial charge in [0.25, 0.3) is 5.56 Å². The number of hydrogen-bond acceptors (Lipinski definition) is 6. The zero-order chi connectivity index (χ0) is 17.4. The molecule has 0 saturated carbocycles. The van der Waals surface area contributed by atoms with E-state index in [-0.39, 0.29) is 20.6 Å². The van der Waals surface area contributed by atoms with Gasteiger partial charge in [0, 0.05) is 16.3 Å². The van der Waals surface area contributed by atoms with E-state index in [0.29, 0.717) is 0 Å². The van der Waals surface area contributed by atoms with E-state index in [0.717, 1.165) is 12.5 Å². The summed E-state index contributed by atoms with van der Waals surface area (Å²) >= 11 is 11.5. The van der Waals surface area contributed by atoms with Crippen LogP contribution < -0.4 is 5.56 Å². The molecule has 0 aliphatic heterocycles.